The van der Waals surface area contributed by atoms with Gasteiger partial charge in [-0.15, -0.1) is 0 Å². The molecule has 4 nitrogen and oxygen atoms in total. The van der Waals surface area contributed by atoms with Crippen LogP contribution in [-0.4, -0.2) is 4.92 Å². The van der Waals surface area contributed by atoms with Crippen molar-refractivity contribution in [2.24, 2.45) is 5.92 Å². The monoisotopic (exact) mass is 340 g/mol. The maximum Gasteiger partial charge on any atom is 0.275 e. The molecule has 1 aliphatic heterocycles. The molecule has 5 heteroatoms. The Morgan fingerprint density at radius 1 is 1.21 bits per heavy atom. The number of allylic oxidation sites excluding steroid dienone is 2. The summed E-state index contributed by atoms with van der Waals surface area (Å²) in [4.78, 5) is 11.2. The third kappa shape index (κ3) is 2.29. The van der Waals surface area contributed by atoms with E-state index < -0.39 is 0 Å². The number of nitro benzene ring substituents is 1. The van der Waals surface area contributed by atoms with E-state index in [1.807, 2.05) is 37.3 Å². The second-order valence-electron chi connectivity index (χ2n) is 6.47. The first-order valence-electron chi connectivity index (χ1n) is 8.03. The van der Waals surface area contributed by atoms with Crippen molar-refractivity contribution in [1.29, 1.82) is 0 Å². The van der Waals surface area contributed by atoms with Crippen LogP contribution < -0.4 is 5.32 Å². The number of rotatable bonds is 2. The summed E-state index contributed by atoms with van der Waals surface area (Å²) in [6, 6.07) is 11.4. The van der Waals surface area contributed by atoms with Gasteiger partial charge >= 0.3 is 0 Å². The minimum atomic E-state index is -0.272. The van der Waals surface area contributed by atoms with Crippen molar-refractivity contribution >= 4 is 23.0 Å². The summed E-state index contributed by atoms with van der Waals surface area (Å²) in [5, 5.41) is 15.8. The third-order valence-electron chi connectivity index (χ3n) is 5.13. The van der Waals surface area contributed by atoms with Gasteiger partial charge in [0.25, 0.3) is 5.69 Å². The van der Waals surface area contributed by atoms with E-state index in [0.717, 1.165) is 28.8 Å². The number of hydrogen-bond acceptors (Lipinski definition) is 3. The largest absolute Gasteiger partial charge is 0.377 e. The molecule has 0 fully saturated rings. The molecule has 4 rings (SSSR count). The maximum atomic E-state index is 11.5. The summed E-state index contributed by atoms with van der Waals surface area (Å²) in [6.07, 6.45) is 5.18. The van der Waals surface area contributed by atoms with E-state index in [0.29, 0.717) is 5.02 Å². The second kappa shape index (κ2) is 5.64. The van der Waals surface area contributed by atoms with Gasteiger partial charge in [0.15, 0.2) is 0 Å². The second-order valence-corrected chi connectivity index (χ2v) is 6.91. The molecule has 1 N–H and O–H groups in total. The van der Waals surface area contributed by atoms with Crippen molar-refractivity contribution in [3.63, 3.8) is 0 Å². The molecule has 2 aromatic carbocycles. The molecule has 0 spiro atoms. The van der Waals surface area contributed by atoms with Crippen molar-refractivity contribution in [2.75, 3.05) is 5.32 Å². The van der Waals surface area contributed by atoms with Crippen LogP contribution in [0.15, 0.2) is 48.6 Å². The first-order chi connectivity index (χ1) is 11.6. The Kier molecular flexibility index (Phi) is 3.57. The van der Waals surface area contributed by atoms with Gasteiger partial charge in [0.05, 0.1) is 16.5 Å². The Balaban J connectivity index is 1.86. The predicted octanol–water partition coefficient (Wildman–Crippen LogP) is 5.38. The lowest BCUT2D eigenvalue weighted by molar-refractivity contribution is -0.385. The van der Waals surface area contributed by atoms with Gasteiger partial charge in [-0.1, -0.05) is 42.0 Å². The zero-order valence-electron chi connectivity index (χ0n) is 13.2. The number of hydrogen-bond donors (Lipinski definition) is 1. The van der Waals surface area contributed by atoms with Gasteiger partial charge in [-0.25, -0.2) is 0 Å². The van der Waals surface area contributed by atoms with Crippen molar-refractivity contribution in [3.05, 3.63) is 80.4 Å². The molecule has 0 aromatic heterocycles. The molecule has 2 aromatic rings. The van der Waals surface area contributed by atoms with Gasteiger partial charge in [0, 0.05) is 22.7 Å². The zero-order valence-corrected chi connectivity index (χ0v) is 14.0. The van der Waals surface area contributed by atoms with Crippen LogP contribution in [0, 0.1) is 23.0 Å². The highest BCUT2D eigenvalue weighted by atomic mass is 35.5. The average molecular weight is 341 g/mol. The number of fused-ring (bicyclic) bond motifs is 3. The summed E-state index contributed by atoms with van der Waals surface area (Å²) in [6.45, 7) is 1.99. The van der Waals surface area contributed by atoms with E-state index in [1.165, 1.54) is 0 Å². The maximum absolute atomic E-state index is 11.5. The fourth-order valence-corrected chi connectivity index (χ4v) is 4.12. The van der Waals surface area contributed by atoms with Crippen LogP contribution >= 0.6 is 11.6 Å². The lowest BCUT2D eigenvalue weighted by Crippen LogP contribution is -2.30. The molecule has 1 heterocycles. The lowest BCUT2D eigenvalue weighted by atomic mass is 9.76. The third-order valence-corrected chi connectivity index (χ3v) is 5.38. The summed E-state index contributed by atoms with van der Waals surface area (Å²) >= 11 is 6.02. The quantitative estimate of drug-likeness (QED) is 0.453. The molecule has 0 amide bonds. The highest BCUT2D eigenvalue weighted by Crippen LogP contribution is 2.53. The summed E-state index contributed by atoms with van der Waals surface area (Å²) in [5.41, 5.74) is 4.13. The Hall–Kier alpha value is -2.33. The van der Waals surface area contributed by atoms with E-state index in [4.69, 9.17) is 11.6 Å². The molecule has 0 saturated heterocycles. The molecule has 24 heavy (non-hydrogen) atoms. The lowest BCUT2D eigenvalue weighted by Gasteiger charge is -2.38. The molecule has 2 aliphatic rings. The van der Waals surface area contributed by atoms with Crippen molar-refractivity contribution in [1.82, 2.24) is 0 Å². The SMILES string of the molecule is Cc1ccc([N+](=O)[O-])c2c1NC(c1ccc(Cl)cc1)[C@H]1CC=C[C@@H]21. The van der Waals surface area contributed by atoms with E-state index in [-0.39, 0.29) is 28.5 Å². The molecule has 3 atom stereocenters. The van der Waals surface area contributed by atoms with Gasteiger partial charge in [0.1, 0.15) is 0 Å². The molecular weight excluding hydrogens is 324 g/mol. The number of nitrogens with zero attached hydrogens (tertiary/aromatic N) is 1. The number of benzene rings is 2. The number of anilines is 1. The van der Waals surface area contributed by atoms with Crippen LogP contribution in [-0.2, 0) is 0 Å². The first-order valence-corrected chi connectivity index (χ1v) is 8.40. The van der Waals surface area contributed by atoms with Crippen LogP contribution in [0.2, 0.25) is 5.02 Å². The van der Waals surface area contributed by atoms with Crippen molar-refractivity contribution < 1.29 is 4.92 Å². The smallest absolute Gasteiger partial charge is 0.275 e. The minimum Gasteiger partial charge on any atom is -0.377 e. The van der Waals surface area contributed by atoms with E-state index in [2.05, 4.69) is 17.5 Å². The normalized spacial score (nSPS) is 24.2. The fourth-order valence-electron chi connectivity index (χ4n) is 3.99. The Labute approximate surface area is 145 Å². The van der Waals surface area contributed by atoms with Gasteiger partial charge in [-0.2, -0.15) is 0 Å². The zero-order chi connectivity index (χ0) is 16.8. The van der Waals surface area contributed by atoms with Crippen molar-refractivity contribution in [2.45, 2.75) is 25.3 Å². The molecule has 0 radical (unpaired) electrons. The Bertz CT molecular complexity index is 845. The van der Waals surface area contributed by atoms with E-state index in [9.17, 15) is 10.1 Å². The molecule has 0 bridgehead atoms. The first kappa shape index (κ1) is 15.2. The molecule has 0 saturated carbocycles. The van der Waals surface area contributed by atoms with Crippen LogP contribution in [0.3, 0.4) is 0 Å². The number of nitrogens with one attached hydrogen (secondary N) is 1. The van der Waals surface area contributed by atoms with Gasteiger partial charge in [-0.05, 0) is 42.5 Å². The fraction of sp³-hybridized carbons (Fsp3) is 0.263. The number of nitro groups is 1. The summed E-state index contributed by atoms with van der Waals surface area (Å²) in [5.74, 6) is 0.349. The predicted molar refractivity (Wildman–Crippen MR) is 95.6 cm³/mol. The van der Waals surface area contributed by atoms with Gasteiger partial charge in [0.2, 0.25) is 0 Å². The Morgan fingerprint density at radius 2 is 1.96 bits per heavy atom. The standard InChI is InChI=1S/C19H17ClN2O2/c1-11-5-10-16(22(23)24)17-14-3-2-4-15(14)19(21-18(11)17)12-6-8-13(20)9-7-12/h2-3,5-10,14-15,19,21H,4H2,1H3/t14-,15+,19?/m1/s1. The molecule has 1 aliphatic carbocycles. The van der Waals surface area contributed by atoms with Crippen LogP contribution in [0.1, 0.15) is 35.1 Å². The molecule has 1 unspecified atom stereocenters. The number of aryl methyl sites for hydroxylation is 1. The molecular formula is C19H17ClN2O2. The van der Waals surface area contributed by atoms with Crippen molar-refractivity contribution in [3.8, 4) is 0 Å². The van der Waals surface area contributed by atoms with Crippen LogP contribution in [0.4, 0.5) is 11.4 Å². The summed E-state index contributed by atoms with van der Waals surface area (Å²) in [7, 11) is 0. The van der Waals surface area contributed by atoms with Gasteiger partial charge < -0.3 is 5.32 Å². The number of halogens is 1. The minimum absolute atomic E-state index is 0.0715. The van der Waals surface area contributed by atoms with Crippen LogP contribution in [0.5, 0.6) is 0 Å². The van der Waals surface area contributed by atoms with E-state index >= 15 is 0 Å². The topological polar surface area (TPSA) is 55.2 Å². The highest BCUT2D eigenvalue weighted by molar-refractivity contribution is 6.30. The molecule has 122 valence electrons. The summed E-state index contributed by atoms with van der Waals surface area (Å²) < 4.78 is 0. The van der Waals surface area contributed by atoms with Crippen LogP contribution in [0.25, 0.3) is 0 Å². The van der Waals surface area contributed by atoms with E-state index in [1.54, 1.807) is 6.07 Å². The van der Waals surface area contributed by atoms with Gasteiger partial charge in [-0.3, -0.25) is 10.1 Å². The Morgan fingerprint density at radius 3 is 2.67 bits per heavy atom. The highest BCUT2D eigenvalue weighted by Gasteiger charge is 2.42. The average Bonchev–Trinajstić information content (AvgIpc) is 3.05.